The van der Waals surface area contributed by atoms with Crippen LogP contribution in [0.15, 0.2) is 35.1 Å². The second-order valence-electron chi connectivity index (χ2n) is 2.22. The van der Waals surface area contributed by atoms with Gasteiger partial charge in [0.2, 0.25) is 0 Å². The first-order valence-corrected chi connectivity index (χ1v) is 3.52. The number of hydrogen-bond acceptors (Lipinski definition) is 1. The van der Waals surface area contributed by atoms with Crippen molar-refractivity contribution in [1.82, 2.24) is 0 Å². The first-order valence-electron chi connectivity index (χ1n) is 3.14. The molecule has 0 aromatic heterocycles. The molecule has 1 aliphatic rings. The van der Waals surface area contributed by atoms with Crippen molar-refractivity contribution >= 4 is 11.6 Å². The lowest BCUT2D eigenvalue weighted by atomic mass is 9.98. The van der Waals surface area contributed by atoms with Crippen LogP contribution in [0.1, 0.15) is 12.8 Å². The minimum Gasteiger partial charge on any atom is -0.515 e. The Morgan fingerprint density at radius 1 is 1.70 bits per heavy atom. The Kier molecular flexibility index (Phi) is 2.17. The van der Waals surface area contributed by atoms with Gasteiger partial charge in [-0.2, -0.15) is 0 Å². The zero-order valence-electron chi connectivity index (χ0n) is 5.60. The van der Waals surface area contributed by atoms with Crippen molar-refractivity contribution in [2.45, 2.75) is 12.8 Å². The Bertz CT molecular complexity index is 213. The number of hydrogen-bond donors (Lipinski definition) is 1. The van der Waals surface area contributed by atoms with Gasteiger partial charge in [0.25, 0.3) is 0 Å². The van der Waals surface area contributed by atoms with Gasteiger partial charge >= 0.3 is 0 Å². The Labute approximate surface area is 65.3 Å². The molecule has 54 valence electrons. The van der Waals surface area contributed by atoms with Gasteiger partial charge in [-0.1, -0.05) is 24.3 Å². The third-order valence-corrected chi connectivity index (χ3v) is 1.95. The van der Waals surface area contributed by atoms with E-state index in [9.17, 15) is 0 Å². The lowest BCUT2D eigenvalue weighted by molar-refractivity contribution is 0.465. The van der Waals surface area contributed by atoms with Crippen LogP contribution in [-0.4, -0.2) is 5.11 Å². The minimum absolute atomic E-state index is 0.659. The molecule has 0 amide bonds. The summed E-state index contributed by atoms with van der Waals surface area (Å²) >= 11 is 5.75. The van der Waals surface area contributed by atoms with Crippen LogP contribution >= 0.6 is 11.6 Å². The van der Waals surface area contributed by atoms with Crippen LogP contribution in [0.25, 0.3) is 0 Å². The van der Waals surface area contributed by atoms with Crippen LogP contribution in [0, 0.1) is 0 Å². The van der Waals surface area contributed by atoms with Gasteiger partial charge in [-0.25, -0.2) is 0 Å². The van der Waals surface area contributed by atoms with E-state index in [0.29, 0.717) is 5.03 Å². The third kappa shape index (κ3) is 1.24. The number of aliphatic hydroxyl groups excluding tert-OH is 1. The number of halogens is 1. The summed E-state index contributed by atoms with van der Waals surface area (Å²) in [4.78, 5) is 0. The second-order valence-corrected chi connectivity index (χ2v) is 2.63. The summed E-state index contributed by atoms with van der Waals surface area (Å²) in [5.74, 6) is 0. The lowest BCUT2D eigenvalue weighted by Gasteiger charge is -2.12. The lowest BCUT2D eigenvalue weighted by Crippen LogP contribution is -1.94. The highest BCUT2D eigenvalue weighted by molar-refractivity contribution is 6.32. The highest BCUT2D eigenvalue weighted by Gasteiger charge is 2.10. The van der Waals surface area contributed by atoms with E-state index in [1.165, 1.54) is 0 Å². The smallest absolute Gasteiger partial charge is 0.0830 e. The molecule has 1 N–H and O–H groups in total. The predicted octanol–water partition coefficient (Wildman–Crippen LogP) is 2.90. The van der Waals surface area contributed by atoms with Crippen LogP contribution in [-0.2, 0) is 0 Å². The normalized spacial score (nSPS) is 23.1. The average molecular weight is 157 g/mol. The first-order chi connectivity index (χ1) is 4.75. The second kappa shape index (κ2) is 2.93. The molecule has 0 aromatic rings. The SMILES string of the molecule is C=C1C(Cl)=CCC/C1=C\O. The maximum absolute atomic E-state index is 8.67. The summed E-state index contributed by atoms with van der Waals surface area (Å²) in [6.45, 7) is 3.72. The summed E-state index contributed by atoms with van der Waals surface area (Å²) in [6.07, 6.45) is 4.73. The van der Waals surface area contributed by atoms with E-state index in [1.807, 2.05) is 6.08 Å². The standard InChI is InChI=1S/C8H9ClO/c1-6-7(5-10)3-2-4-8(6)9/h4-5,10H,1-3H2/b7-5+. The fourth-order valence-electron chi connectivity index (χ4n) is 0.924. The summed E-state index contributed by atoms with van der Waals surface area (Å²) in [7, 11) is 0. The summed E-state index contributed by atoms with van der Waals surface area (Å²) in [5.41, 5.74) is 1.59. The van der Waals surface area contributed by atoms with E-state index in [2.05, 4.69) is 6.58 Å². The molecule has 0 heterocycles. The Morgan fingerprint density at radius 2 is 2.40 bits per heavy atom. The van der Waals surface area contributed by atoms with Gasteiger partial charge in [0, 0.05) is 5.03 Å². The summed E-state index contributed by atoms with van der Waals surface area (Å²) in [5, 5.41) is 9.33. The van der Waals surface area contributed by atoms with Crippen molar-refractivity contribution in [3.05, 3.63) is 35.1 Å². The van der Waals surface area contributed by atoms with Gasteiger partial charge in [0.1, 0.15) is 0 Å². The topological polar surface area (TPSA) is 20.2 Å². The van der Waals surface area contributed by atoms with E-state index in [4.69, 9.17) is 16.7 Å². The average Bonchev–Trinajstić information content (AvgIpc) is 1.95. The molecule has 0 fully saturated rings. The van der Waals surface area contributed by atoms with Crippen LogP contribution in [0.2, 0.25) is 0 Å². The van der Waals surface area contributed by atoms with Crippen molar-refractivity contribution in [3.8, 4) is 0 Å². The van der Waals surface area contributed by atoms with Gasteiger partial charge in [0.05, 0.1) is 6.26 Å². The van der Waals surface area contributed by atoms with Crippen molar-refractivity contribution in [2.75, 3.05) is 0 Å². The van der Waals surface area contributed by atoms with Crippen LogP contribution in [0.4, 0.5) is 0 Å². The number of allylic oxidation sites excluding steroid dienone is 4. The number of rotatable bonds is 0. The van der Waals surface area contributed by atoms with Crippen LogP contribution in [0.5, 0.6) is 0 Å². The molecule has 0 saturated heterocycles. The van der Waals surface area contributed by atoms with Crippen LogP contribution < -0.4 is 0 Å². The van der Waals surface area contributed by atoms with E-state index >= 15 is 0 Å². The quantitative estimate of drug-likeness (QED) is 0.535. The van der Waals surface area contributed by atoms with Crippen LogP contribution in [0.3, 0.4) is 0 Å². The van der Waals surface area contributed by atoms with Gasteiger partial charge in [-0.3, -0.25) is 0 Å². The fourth-order valence-corrected chi connectivity index (χ4v) is 1.15. The maximum Gasteiger partial charge on any atom is 0.0830 e. The minimum atomic E-state index is 0.659. The predicted molar refractivity (Wildman–Crippen MR) is 43.0 cm³/mol. The highest BCUT2D eigenvalue weighted by atomic mass is 35.5. The van der Waals surface area contributed by atoms with Crippen molar-refractivity contribution in [2.24, 2.45) is 0 Å². The molecule has 1 rings (SSSR count). The van der Waals surface area contributed by atoms with E-state index in [1.54, 1.807) is 0 Å². The fraction of sp³-hybridized carbons (Fsp3) is 0.250. The van der Waals surface area contributed by atoms with E-state index in [-0.39, 0.29) is 0 Å². The monoisotopic (exact) mass is 156 g/mol. The Balaban J connectivity index is 2.89. The maximum atomic E-state index is 8.67. The zero-order chi connectivity index (χ0) is 7.56. The molecule has 2 heteroatoms. The zero-order valence-corrected chi connectivity index (χ0v) is 6.36. The van der Waals surface area contributed by atoms with Gasteiger partial charge in [0.15, 0.2) is 0 Å². The van der Waals surface area contributed by atoms with E-state index in [0.717, 1.165) is 30.2 Å². The molecule has 0 aromatic carbocycles. The molecule has 1 nitrogen and oxygen atoms in total. The van der Waals surface area contributed by atoms with Crippen molar-refractivity contribution < 1.29 is 5.11 Å². The van der Waals surface area contributed by atoms with Gasteiger partial charge < -0.3 is 5.11 Å². The molecule has 0 atom stereocenters. The molecule has 0 spiro atoms. The van der Waals surface area contributed by atoms with Crippen molar-refractivity contribution in [1.29, 1.82) is 0 Å². The first kappa shape index (κ1) is 7.42. The molecule has 0 aliphatic heterocycles. The molecule has 0 radical (unpaired) electrons. The van der Waals surface area contributed by atoms with Gasteiger partial charge in [-0.05, 0) is 24.0 Å². The van der Waals surface area contributed by atoms with E-state index < -0.39 is 0 Å². The third-order valence-electron chi connectivity index (χ3n) is 1.57. The van der Waals surface area contributed by atoms with Crippen molar-refractivity contribution in [3.63, 3.8) is 0 Å². The molecular formula is C8H9ClO. The molecule has 0 saturated carbocycles. The Hall–Kier alpha value is -0.690. The molecule has 1 aliphatic carbocycles. The highest BCUT2D eigenvalue weighted by Crippen LogP contribution is 2.29. The summed E-state index contributed by atoms with van der Waals surface area (Å²) < 4.78 is 0. The largest absolute Gasteiger partial charge is 0.515 e. The molecular weight excluding hydrogens is 148 g/mol. The number of aliphatic hydroxyl groups is 1. The Morgan fingerprint density at radius 3 is 2.90 bits per heavy atom. The summed E-state index contributed by atoms with van der Waals surface area (Å²) in [6, 6.07) is 0. The van der Waals surface area contributed by atoms with Gasteiger partial charge in [-0.15, -0.1) is 0 Å². The molecule has 0 bridgehead atoms. The molecule has 10 heavy (non-hydrogen) atoms. The molecule has 0 unspecified atom stereocenters.